The molecule has 1 unspecified atom stereocenters. The average molecular weight is 370 g/mol. The maximum absolute atomic E-state index is 12.8. The van der Waals surface area contributed by atoms with E-state index in [9.17, 15) is 17.7 Å². The van der Waals surface area contributed by atoms with Gasteiger partial charge in [0.2, 0.25) is 0 Å². The van der Waals surface area contributed by atoms with E-state index in [1.807, 2.05) is 0 Å². The Kier molecular flexibility index (Phi) is 4.29. The molecule has 0 fully saturated rings. The van der Waals surface area contributed by atoms with Gasteiger partial charge in [-0.1, -0.05) is 0 Å². The molecule has 11 heteroatoms. The summed E-state index contributed by atoms with van der Waals surface area (Å²) < 4.78 is 52.1. The van der Waals surface area contributed by atoms with Gasteiger partial charge in [0.05, 0.1) is 0 Å². The zero-order valence-corrected chi connectivity index (χ0v) is 14.0. The topological polar surface area (TPSA) is 106 Å². The van der Waals surface area contributed by atoms with Crippen LogP contribution in [0.5, 0.6) is 0 Å². The van der Waals surface area contributed by atoms with E-state index in [4.69, 9.17) is 5.73 Å². The number of aryl methyl sites for hydroxylation is 1. The number of anilines is 1. The number of fused-ring (bicyclic) bond motifs is 1. The van der Waals surface area contributed by atoms with Gasteiger partial charge in [-0.2, -0.15) is 13.2 Å². The van der Waals surface area contributed by atoms with E-state index < -0.39 is 23.0 Å². The first-order valence-electron chi connectivity index (χ1n) is 7.15. The minimum absolute atomic E-state index is 0.0114. The number of imidazole rings is 1. The molecule has 2 N–H and O–H groups in total. The van der Waals surface area contributed by atoms with Gasteiger partial charge >= 0.3 is 6.18 Å². The third-order valence-electron chi connectivity index (χ3n) is 3.51. The second-order valence-electron chi connectivity index (χ2n) is 5.15. The number of hydrogen-bond donors (Lipinski definition) is 1. The smallest absolute Gasteiger partial charge is 0.435 e. The van der Waals surface area contributed by atoms with Gasteiger partial charge in [0.1, 0.15) is 17.1 Å². The molecule has 3 heterocycles. The number of rotatable bonds is 3. The van der Waals surface area contributed by atoms with Crippen molar-refractivity contribution in [2.75, 3.05) is 11.5 Å². The lowest BCUT2D eigenvalue weighted by molar-refractivity contribution is -0.141. The highest BCUT2D eigenvalue weighted by Crippen LogP contribution is 2.31. The van der Waals surface area contributed by atoms with E-state index >= 15 is 0 Å². The number of alkyl halides is 3. The molecule has 0 aromatic carbocycles. The zero-order valence-electron chi connectivity index (χ0n) is 13.2. The largest absolute Gasteiger partial charge is 0.611 e. The highest BCUT2D eigenvalue weighted by molar-refractivity contribution is 7.91. The Morgan fingerprint density at radius 3 is 2.60 bits per heavy atom. The van der Waals surface area contributed by atoms with Crippen LogP contribution in [-0.4, -0.2) is 35.0 Å². The van der Waals surface area contributed by atoms with Gasteiger partial charge in [0.15, 0.2) is 27.8 Å². The summed E-state index contributed by atoms with van der Waals surface area (Å²) >= 11 is -1.35. The Hall–Kier alpha value is -2.40. The van der Waals surface area contributed by atoms with Crippen LogP contribution in [0.15, 0.2) is 23.1 Å². The molecule has 0 aliphatic rings. The fourth-order valence-electron chi connectivity index (χ4n) is 2.30. The fraction of sp³-hybridized carbons (Fsp3) is 0.286. The van der Waals surface area contributed by atoms with Gasteiger partial charge < -0.3 is 14.9 Å². The van der Waals surface area contributed by atoms with Crippen LogP contribution in [-0.2, 0) is 24.4 Å². The molecule has 7 nitrogen and oxygen atoms in total. The third kappa shape index (κ3) is 3.12. The lowest BCUT2D eigenvalue weighted by atomic mass is 10.3. The molecule has 1 atom stereocenters. The van der Waals surface area contributed by atoms with Crippen LogP contribution in [0.25, 0.3) is 22.7 Å². The normalized spacial score (nSPS) is 13.4. The predicted molar refractivity (Wildman–Crippen MR) is 85.9 cm³/mol. The summed E-state index contributed by atoms with van der Waals surface area (Å²) in [5.74, 6) is 0.745. The molecule has 0 bridgehead atoms. The molecule has 0 aliphatic carbocycles. The summed E-state index contributed by atoms with van der Waals surface area (Å²) in [6.45, 7) is 1.74. The monoisotopic (exact) mass is 370 g/mol. The molecular formula is C14H13F3N6OS. The lowest BCUT2D eigenvalue weighted by Gasteiger charge is -2.12. The summed E-state index contributed by atoms with van der Waals surface area (Å²) in [7, 11) is 1.57. The van der Waals surface area contributed by atoms with Crippen LogP contribution in [0, 0.1) is 0 Å². The molecule has 0 spiro atoms. The lowest BCUT2D eigenvalue weighted by Crippen LogP contribution is -2.10. The zero-order chi connectivity index (χ0) is 18.4. The van der Waals surface area contributed by atoms with Crippen LogP contribution < -0.4 is 5.73 Å². The number of pyridine rings is 1. The predicted octanol–water partition coefficient (Wildman–Crippen LogP) is 2.15. The van der Waals surface area contributed by atoms with Crippen molar-refractivity contribution in [1.29, 1.82) is 0 Å². The second kappa shape index (κ2) is 6.15. The molecule has 0 saturated heterocycles. The Balaban J connectivity index is 2.23. The molecule has 0 saturated carbocycles. The standard InChI is InChI=1S/C14H13F3N6OS/c1-3-25(24)8-4-5-10(18)20-11(8)13-19-7-6-9(14(15,16)17)21-22-12(7)23(13)2/h4-6H,3H2,1-2H3,(H2,18,20). The number of hydrogen-bond acceptors (Lipinski definition) is 6. The minimum Gasteiger partial charge on any atom is -0.611 e. The Morgan fingerprint density at radius 1 is 1.24 bits per heavy atom. The Morgan fingerprint density at radius 2 is 1.96 bits per heavy atom. The third-order valence-corrected chi connectivity index (χ3v) is 4.85. The Labute approximate surface area is 143 Å². The van der Waals surface area contributed by atoms with E-state index in [1.165, 1.54) is 10.6 Å². The number of nitrogens with two attached hydrogens (primary N) is 1. The van der Waals surface area contributed by atoms with Crippen molar-refractivity contribution in [1.82, 2.24) is 24.7 Å². The number of nitrogen functional groups attached to an aromatic ring is 1. The molecule has 0 radical (unpaired) electrons. The van der Waals surface area contributed by atoms with Gasteiger partial charge in [0.25, 0.3) is 0 Å². The van der Waals surface area contributed by atoms with E-state index in [0.29, 0.717) is 10.6 Å². The van der Waals surface area contributed by atoms with Crippen molar-refractivity contribution >= 4 is 28.2 Å². The van der Waals surface area contributed by atoms with Crippen molar-refractivity contribution in [3.05, 3.63) is 23.9 Å². The first kappa shape index (κ1) is 17.4. The first-order valence-corrected chi connectivity index (χ1v) is 8.47. The highest BCUT2D eigenvalue weighted by atomic mass is 32.2. The van der Waals surface area contributed by atoms with Crippen molar-refractivity contribution < 1.29 is 17.7 Å². The van der Waals surface area contributed by atoms with Crippen LogP contribution in [0.3, 0.4) is 0 Å². The summed E-state index contributed by atoms with van der Waals surface area (Å²) in [5.41, 5.74) is 4.98. The minimum atomic E-state index is -4.62. The molecule has 3 aromatic rings. The van der Waals surface area contributed by atoms with Crippen LogP contribution in [0.1, 0.15) is 12.6 Å². The average Bonchev–Trinajstić information content (AvgIpc) is 2.89. The maximum Gasteiger partial charge on any atom is 0.435 e. The van der Waals surface area contributed by atoms with Gasteiger partial charge in [-0.25, -0.2) is 9.97 Å². The SMILES string of the molecule is CC[S+]([O-])c1ccc(N)nc1-c1nc2cc(C(F)(F)F)nnc2n1C. The molecule has 25 heavy (non-hydrogen) atoms. The molecule has 3 rings (SSSR count). The number of nitrogens with zero attached hydrogens (tertiary/aromatic N) is 5. The quantitative estimate of drug-likeness (QED) is 0.708. The van der Waals surface area contributed by atoms with Crippen molar-refractivity contribution in [3.8, 4) is 11.5 Å². The van der Waals surface area contributed by atoms with Crippen LogP contribution >= 0.6 is 0 Å². The summed E-state index contributed by atoms with van der Waals surface area (Å²) in [5, 5.41) is 6.80. The summed E-state index contributed by atoms with van der Waals surface area (Å²) in [6, 6.07) is 3.90. The van der Waals surface area contributed by atoms with E-state index in [-0.39, 0.29) is 28.5 Å². The van der Waals surface area contributed by atoms with Crippen LogP contribution in [0.4, 0.5) is 19.0 Å². The van der Waals surface area contributed by atoms with Gasteiger partial charge in [0, 0.05) is 13.1 Å². The molecule has 3 aromatic heterocycles. The van der Waals surface area contributed by atoms with Crippen molar-refractivity contribution in [3.63, 3.8) is 0 Å². The van der Waals surface area contributed by atoms with Gasteiger partial charge in [-0.3, -0.25) is 0 Å². The number of aromatic nitrogens is 5. The number of halogens is 3. The van der Waals surface area contributed by atoms with E-state index in [2.05, 4.69) is 20.2 Å². The van der Waals surface area contributed by atoms with Crippen LogP contribution in [0.2, 0.25) is 0 Å². The van der Waals surface area contributed by atoms with Gasteiger partial charge in [-0.15, -0.1) is 10.2 Å². The fourth-order valence-corrected chi connectivity index (χ4v) is 3.18. The molecule has 0 amide bonds. The molecular weight excluding hydrogens is 357 g/mol. The maximum atomic E-state index is 12.8. The van der Waals surface area contributed by atoms with Crippen molar-refractivity contribution in [2.24, 2.45) is 7.05 Å². The molecule has 0 aliphatic heterocycles. The van der Waals surface area contributed by atoms with Crippen molar-refractivity contribution in [2.45, 2.75) is 18.0 Å². The summed E-state index contributed by atoms with van der Waals surface area (Å²) in [4.78, 5) is 8.76. The highest BCUT2D eigenvalue weighted by Gasteiger charge is 2.34. The Bertz CT molecular complexity index is 942. The van der Waals surface area contributed by atoms with Gasteiger partial charge in [-0.05, 0) is 30.2 Å². The first-order chi connectivity index (χ1) is 11.7. The summed E-state index contributed by atoms with van der Waals surface area (Å²) in [6.07, 6.45) is -4.62. The second-order valence-corrected chi connectivity index (χ2v) is 6.86. The van der Waals surface area contributed by atoms with E-state index in [1.54, 1.807) is 20.0 Å². The molecule has 132 valence electrons. The van der Waals surface area contributed by atoms with E-state index in [0.717, 1.165) is 6.07 Å².